The molecule has 0 aliphatic rings. The molecule has 19 heavy (non-hydrogen) atoms. The number of aromatic nitrogens is 1. The summed E-state index contributed by atoms with van der Waals surface area (Å²) >= 11 is 0. The van der Waals surface area contributed by atoms with Crippen molar-refractivity contribution in [1.82, 2.24) is 4.98 Å². The largest absolute Gasteiger partial charge is 0.488 e. The zero-order chi connectivity index (χ0) is 13.2. The number of hydrogen-bond donors (Lipinski definition) is 3. The van der Waals surface area contributed by atoms with Crippen LogP contribution < -0.4 is 5.46 Å². The van der Waals surface area contributed by atoms with Crippen molar-refractivity contribution in [1.29, 1.82) is 0 Å². The fraction of sp³-hybridized carbons (Fsp3) is 0.0667. The van der Waals surface area contributed by atoms with E-state index < -0.39 is 7.12 Å². The Hall–Kier alpha value is -2.04. The molecule has 0 bridgehead atoms. The van der Waals surface area contributed by atoms with Gasteiger partial charge in [-0.3, -0.25) is 0 Å². The first-order valence-corrected chi connectivity index (χ1v) is 6.24. The maximum Gasteiger partial charge on any atom is 0.488 e. The SMILES string of the molecule is OB(O)c1ccc(Cc2cc3ccccc3[nH]2)cc1. The van der Waals surface area contributed by atoms with Gasteiger partial charge >= 0.3 is 7.12 Å². The van der Waals surface area contributed by atoms with Crippen molar-refractivity contribution in [2.75, 3.05) is 0 Å². The van der Waals surface area contributed by atoms with Gasteiger partial charge in [0.25, 0.3) is 0 Å². The Labute approximate surface area is 111 Å². The second-order valence-corrected chi connectivity index (χ2v) is 4.67. The average Bonchev–Trinajstić information content (AvgIpc) is 2.81. The van der Waals surface area contributed by atoms with Crippen molar-refractivity contribution in [3.05, 3.63) is 65.9 Å². The lowest BCUT2D eigenvalue weighted by molar-refractivity contribution is 0.426. The minimum Gasteiger partial charge on any atom is -0.423 e. The van der Waals surface area contributed by atoms with Gasteiger partial charge in [-0.15, -0.1) is 0 Å². The molecule has 4 heteroatoms. The van der Waals surface area contributed by atoms with Gasteiger partial charge in [0.1, 0.15) is 0 Å². The molecule has 0 aliphatic carbocycles. The Morgan fingerprint density at radius 2 is 1.68 bits per heavy atom. The van der Waals surface area contributed by atoms with Crippen molar-refractivity contribution >= 4 is 23.5 Å². The maximum absolute atomic E-state index is 9.05. The van der Waals surface area contributed by atoms with Crippen molar-refractivity contribution in [2.24, 2.45) is 0 Å². The Balaban J connectivity index is 1.84. The third-order valence-electron chi connectivity index (χ3n) is 3.26. The summed E-state index contributed by atoms with van der Waals surface area (Å²) in [7, 11) is -1.40. The summed E-state index contributed by atoms with van der Waals surface area (Å²) in [6.45, 7) is 0. The van der Waals surface area contributed by atoms with Crippen molar-refractivity contribution in [3.63, 3.8) is 0 Å². The Morgan fingerprint density at radius 3 is 2.37 bits per heavy atom. The van der Waals surface area contributed by atoms with Gasteiger partial charge in [0.2, 0.25) is 0 Å². The minimum atomic E-state index is -1.40. The zero-order valence-electron chi connectivity index (χ0n) is 10.4. The van der Waals surface area contributed by atoms with Crippen LogP contribution in [0.3, 0.4) is 0 Å². The topological polar surface area (TPSA) is 56.2 Å². The molecular weight excluding hydrogens is 237 g/mol. The Kier molecular flexibility index (Phi) is 3.11. The molecule has 2 aromatic carbocycles. The molecule has 1 heterocycles. The summed E-state index contributed by atoms with van der Waals surface area (Å²) in [4.78, 5) is 3.38. The van der Waals surface area contributed by atoms with Gasteiger partial charge < -0.3 is 15.0 Å². The van der Waals surface area contributed by atoms with Crippen LogP contribution in [-0.2, 0) is 6.42 Å². The molecule has 0 unspecified atom stereocenters. The predicted octanol–water partition coefficient (Wildman–Crippen LogP) is 1.44. The van der Waals surface area contributed by atoms with E-state index in [1.807, 2.05) is 24.3 Å². The molecule has 3 aromatic rings. The van der Waals surface area contributed by atoms with Gasteiger partial charge in [0.15, 0.2) is 0 Å². The summed E-state index contributed by atoms with van der Waals surface area (Å²) in [6, 6.07) is 17.6. The van der Waals surface area contributed by atoms with Crippen LogP contribution >= 0.6 is 0 Å². The second-order valence-electron chi connectivity index (χ2n) is 4.67. The molecule has 0 saturated heterocycles. The molecule has 3 nitrogen and oxygen atoms in total. The van der Waals surface area contributed by atoms with Crippen LogP contribution in [0.2, 0.25) is 0 Å². The highest BCUT2D eigenvalue weighted by atomic mass is 16.4. The Morgan fingerprint density at radius 1 is 0.947 bits per heavy atom. The fourth-order valence-corrected chi connectivity index (χ4v) is 2.26. The van der Waals surface area contributed by atoms with E-state index in [1.54, 1.807) is 12.1 Å². The molecule has 3 rings (SSSR count). The van der Waals surface area contributed by atoms with Gasteiger partial charge in [-0.05, 0) is 28.5 Å². The number of aromatic amines is 1. The lowest BCUT2D eigenvalue weighted by Gasteiger charge is -2.02. The third-order valence-corrected chi connectivity index (χ3v) is 3.26. The number of rotatable bonds is 3. The second kappa shape index (κ2) is 4.92. The molecule has 0 fully saturated rings. The third kappa shape index (κ3) is 2.55. The zero-order valence-corrected chi connectivity index (χ0v) is 10.4. The van der Waals surface area contributed by atoms with E-state index >= 15 is 0 Å². The number of fused-ring (bicyclic) bond motifs is 1. The van der Waals surface area contributed by atoms with E-state index in [2.05, 4.69) is 23.2 Å². The van der Waals surface area contributed by atoms with E-state index in [4.69, 9.17) is 10.0 Å². The number of benzene rings is 2. The standard InChI is InChI=1S/C15H14BNO2/c18-16(19)13-7-5-11(6-8-13)9-14-10-12-3-1-2-4-15(12)17-14/h1-8,10,17-19H,9H2. The molecule has 0 saturated carbocycles. The molecule has 0 aliphatic heterocycles. The highest BCUT2D eigenvalue weighted by Gasteiger charge is 2.10. The minimum absolute atomic E-state index is 0.514. The van der Waals surface area contributed by atoms with Crippen LogP contribution in [0.15, 0.2) is 54.6 Å². The molecule has 1 aromatic heterocycles. The first-order chi connectivity index (χ1) is 9.22. The highest BCUT2D eigenvalue weighted by molar-refractivity contribution is 6.58. The molecule has 0 radical (unpaired) electrons. The number of nitrogens with one attached hydrogen (secondary N) is 1. The van der Waals surface area contributed by atoms with Crippen molar-refractivity contribution in [2.45, 2.75) is 6.42 Å². The van der Waals surface area contributed by atoms with Gasteiger partial charge in [0.05, 0.1) is 0 Å². The molecule has 94 valence electrons. The number of hydrogen-bond acceptors (Lipinski definition) is 2. The van der Waals surface area contributed by atoms with Crippen LogP contribution in [0, 0.1) is 0 Å². The van der Waals surface area contributed by atoms with E-state index in [-0.39, 0.29) is 0 Å². The summed E-state index contributed by atoms with van der Waals surface area (Å²) in [5.41, 5.74) is 3.94. The van der Waals surface area contributed by atoms with E-state index in [0.29, 0.717) is 5.46 Å². The van der Waals surface area contributed by atoms with Crippen molar-refractivity contribution in [3.8, 4) is 0 Å². The highest BCUT2D eigenvalue weighted by Crippen LogP contribution is 2.17. The van der Waals surface area contributed by atoms with Gasteiger partial charge in [-0.1, -0.05) is 42.5 Å². The number of para-hydroxylation sites is 1. The predicted molar refractivity (Wildman–Crippen MR) is 77.4 cm³/mol. The van der Waals surface area contributed by atoms with Crippen LogP contribution in [0.5, 0.6) is 0 Å². The summed E-state index contributed by atoms with van der Waals surface area (Å²) in [6.07, 6.45) is 0.802. The lowest BCUT2D eigenvalue weighted by Crippen LogP contribution is -2.29. The quantitative estimate of drug-likeness (QED) is 0.617. The maximum atomic E-state index is 9.05. The molecule has 0 atom stereocenters. The Bertz CT molecular complexity index is 656. The molecule has 0 amide bonds. The molecule has 3 N–H and O–H groups in total. The van der Waals surface area contributed by atoms with Crippen molar-refractivity contribution < 1.29 is 10.0 Å². The van der Waals surface area contributed by atoms with Crippen LogP contribution in [0.1, 0.15) is 11.3 Å². The first-order valence-electron chi connectivity index (χ1n) is 6.24. The van der Waals surface area contributed by atoms with Crippen LogP contribution in [0.4, 0.5) is 0 Å². The van der Waals surface area contributed by atoms with E-state index in [0.717, 1.165) is 23.2 Å². The molecule has 0 spiro atoms. The van der Waals surface area contributed by atoms with E-state index in [9.17, 15) is 0 Å². The lowest BCUT2D eigenvalue weighted by atomic mass is 9.80. The van der Waals surface area contributed by atoms with Gasteiger partial charge in [0, 0.05) is 17.6 Å². The smallest absolute Gasteiger partial charge is 0.423 e. The molecular formula is C15H14BNO2. The summed E-state index contributed by atoms with van der Waals surface area (Å²) in [5, 5.41) is 19.3. The monoisotopic (exact) mass is 251 g/mol. The first kappa shape index (κ1) is 12.0. The van der Waals surface area contributed by atoms with E-state index in [1.165, 1.54) is 5.39 Å². The summed E-state index contributed by atoms with van der Waals surface area (Å²) < 4.78 is 0. The fourth-order valence-electron chi connectivity index (χ4n) is 2.26. The van der Waals surface area contributed by atoms with Gasteiger partial charge in [-0.25, -0.2) is 0 Å². The normalized spacial score (nSPS) is 10.8. The average molecular weight is 251 g/mol. The summed E-state index contributed by atoms with van der Waals surface area (Å²) in [5.74, 6) is 0. The van der Waals surface area contributed by atoms with Gasteiger partial charge in [-0.2, -0.15) is 0 Å². The van der Waals surface area contributed by atoms with Crippen LogP contribution in [-0.4, -0.2) is 22.2 Å². The van der Waals surface area contributed by atoms with Crippen LogP contribution in [0.25, 0.3) is 10.9 Å². The number of H-pyrrole nitrogens is 1.